The molecule has 5 rings (SSSR count). The fourth-order valence-electron chi connectivity index (χ4n) is 7.33. The van der Waals surface area contributed by atoms with Crippen LogP contribution in [0.3, 0.4) is 0 Å². The molecule has 1 aliphatic carbocycles. The van der Waals surface area contributed by atoms with Gasteiger partial charge in [-0.15, -0.1) is 0 Å². The molecule has 1 saturated heterocycles. The van der Waals surface area contributed by atoms with E-state index in [-0.39, 0.29) is 17.6 Å². The Kier molecular flexibility index (Phi) is 11.5. The van der Waals surface area contributed by atoms with Gasteiger partial charge in [0.25, 0.3) is 0 Å². The van der Waals surface area contributed by atoms with E-state index < -0.39 is 9.84 Å². The van der Waals surface area contributed by atoms with Gasteiger partial charge in [-0.1, -0.05) is 26.3 Å². The fourth-order valence-corrected chi connectivity index (χ4v) is 7.97. The topological polar surface area (TPSA) is 106 Å². The summed E-state index contributed by atoms with van der Waals surface area (Å²) in [5, 5.41) is 4.36. The molecular formula is C35H51N5O4S. The first-order valence-corrected chi connectivity index (χ1v) is 19.1. The zero-order chi connectivity index (χ0) is 31.8. The molecule has 0 radical (unpaired) electrons. The molecule has 0 spiro atoms. The van der Waals surface area contributed by atoms with E-state index >= 15 is 0 Å². The van der Waals surface area contributed by atoms with Crippen molar-refractivity contribution < 1.29 is 17.9 Å². The van der Waals surface area contributed by atoms with E-state index in [1.165, 1.54) is 12.7 Å². The van der Waals surface area contributed by atoms with E-state index in [2.05, 4.69) is 33.6 Å². The minimum absolute atomic E-state index is 0.113. The minimum atomic E-state index is -3.01. The number of carbonyl (C=O) groups excluding carboxylic acids is 1. The predicted molar refractivity (Wildman–Crippen MR) is 180 cm³/mol. The van der Waals surface area contributed by atoms with Gasteiger partial charge in [-0.05, 0) is 101 Å². The van der Waals surface area contributed by atoms with Crippen molar-refractivity contribution >= 4 is 26.6 Å². The van der Waals surface area contributed by atoms with Gasteiger partial charge >= 0.3 is 0 Å². The van der Waals surface area contributed by atoms with Crippen LogP contribution in [0.5, 0.6) is 5.75 Å². The van der Waals surface area contributed by atoms with Crippen LogP contribution in [0.2, 0.25) is 0 Å². The molecule has 0 bridgehead atoms. The van der Waals surface area contributed by atoms with Gasteiger partial charge in [0.1, 0.15) is 27.2 Å². The van der Waals surface area contributed by atoms with Gasteiger partial charge in [0.2, 0.25) is 5.91 Å². The van der Waals surface area contributed by atoms with Crippen molar-refractivity contribution in [3.63, 3.8) is 0 Å². The number of benzene rings is 1. The molecule has 45 heavy (non-hydrogen) atoms. The Morgan fingerprint density at radius 2 is 1.93 bits per heavy atom. The van der Waals surface area contributed by atoms with Gasteiger partial charge < -0.3 is 19.5 Å². The van der Waals surface area contributed by atoms with E-state index in [0.717, 1.165) is 99.3 Å². The van der Waals surface area contributed by atoms with Gasteiger partial charge in [0, 0.05) is 49.0 Å². The van der Waals surface area contributed by atoms with Crippen molar-refractivity contribution in [3.05, 3.63) is 48.5 Å². The summed E-state index contributed by atoms with van der Waals surface area (Å²) in [6, 6.07) is 10.2. The Morgan fingerprint density at radius 3 is 2.69 bits per heavy atom. The highest BCUT2D eigenvalue weighted by molar-refractivity contribution is 7.90. The SMILES string of the molecule is CCCN1CCCC(NC(=O)C2CCC(C(CC)Cc3nccc(-n4ccc5c(OCCCS(C)(=O)=O)cccc54)n3)CC2)C1. The Hall–Kier alpha value is -2.98. The van der Waals surface area contributed by atoms with Crippen LogP contribution in [0.15, 0.2) is 42.7 Å². The number of carbonyl (C=O) groups is 1. The Balaban J connectivity index is 1.17. The Morgan fingerprint density at radius 1 is 1.11 bits per heavy atom. The van der Waals surface area contributed by atoms with Gasteiger partial charge in [-0.25, -0.2) is 18.4 Å². The molecule has 1 saturated carbocycles. The highest BCUT2D eigenvalue weighted by Gasteiger charge is 2.32. The Labute approximate surface area is 269 Å². The highest BCUT2D eigenvalue weighted by atomic mass is 32.2. The molecular weight excluding hydrogens is 586 g/mol. The van der Waals surface area contributed by atoms with Crippen LogP contribution in [0.4, 0.5) is 0 Å². The third-order valence-corrected chi connectivity index (χ3v) is 10.7. The summed E-state index contributed by atoms with van der Waals surface area (Å²) < 4.78 is 30.9. The van der Waals surface area contributed by atoms with E-state index in [4.69, 9.17) is 9.72 Å². The number of aromatic nitrogens is 3. The monoisotopic (exact) mass is 637 g/mol. The van der Waals surface area contributed by atoms with Crippen molar-refractivity contribution in [2.24, 2.45) is 17.8 Å². The molecule has 2 aliphatic rings. The second-order valence-electron chi connectivity index (χ2n) is 13.2. The first-order chi connectivity index (χ1) is 21.7. The zero-order valence-corrected chi connectivity index (χ0v) is 28.1. The molecule has 1 N–H and O–H groups in total. The molecule has 3 heterocycles. The van der Waals surface area contributed by atoms with Crippen molar-refractivity contribution in [2.45, 2.75) is 84.1 Å². The zero-order valence-electron chi connectivity index (χ0n) is 27.3. The maximum Gasteiger partial charge on any atom is 0.223 e. The van der Waals surface area contributed by atoms with Gasteiger partial charge in [0.15, 0.2) is 0 Å². The summed E-state index contributed by atoms with van der Waals surface area (Å²) in [6.07, 6.45) is 15.0. The smallest absolute Gasteiger partial charge is 0.223 e. The number of sulfone groups is 1. The lowest BCUT2D eigenvalue weighted by molar-refractivity contribution is -0.127. The van der Waals surface area contributed by atoms with Crippen molar-refractivity contribution in [1.82, 2.24) is 24.8 Å². The maximum atomic E-state index is 13.2. The summed E-state index contributed by atoms with van der Waals surface area (Å²) in [7, 11) is -3.01. The third kappa shape index (κ3) is 9.06. The van der Waals surface area contributed by atoms with Crippen LogP contribution in [0.1, 0.15) is 77.5 Å². The number of likely N-dealkylation sites (tertiary alicyclic amines) is 1. The number of nitrogens with one attached hydrogen (secondary N) is 1. The molecule has 246 valence electrons. The van der Waals surface area contributed by atoms with Crippen LogP contribution in [-0.4, -0.2) is 78.1 Å². The number of hydrogen-bond acceptors (Lipinski definition) is 7. The van der Waals surface area contributed by atoms with Crippen molar-refractivity contribution in [2.75, 3.05) is 38.2 Å². The predicted octanol–water partition coefficient (Wildman–Crippen LogP) is 5.60. The average Bonchev–Trinajstić information content (AvgIpc) is 3.47. The maximum absolute atomic E-state index is 13.2. The van der Waals surface area contributed by atoms with E-state index in [1.807, 2.05) is 42.7 Å². The number of rotatable bonds is 14. The fraction of sp³-hybridized carbons (Fsp3) is 0.629. The van der Waals surface area contributed by atoms with E-state index in [9.17, 15) is 13.2 Å². The second kappa shape index (κ2) is 15.5. The molecule has 10 heteroatoms. The van der Waals surface area contributed by atoms with E-state index in [0.29, 0.717) is 30.9 Å². The summed E-state index contributed by atoms with van der Waals surface area (Å²) >= 11 is 0. The first-order valence-electron chi connectivity index (χ1n) is 17.0. The van der Waals surface area contributed by atoms with Crippen LogP contribution in [-0.2, 0) is 21.1 Å². The number of amides is 1. The standard InChI is InChI=1S/C35H51N5O4S/c1-4-19-39-20-7-9-29(25-39)37-35(41)28-14-12-27(13-15-28)26(5-2)24-33-36-18-16-34(38-33)40-21-17-30-31(40)10-6-11-32(30)44-22-8-23-45(3,42)43/h6,10-11,16-18,21,26-29H,4-5,7-9,12-15,19-20,22-25H2,1-3H3,(H,37,41). The number of ether oxygens (including phenoxy) is 1. The van der Waals surface area contributed by atoms with Gasteiger partial charge in [-0.3, -0.25) is 4.79 Å². The van der Waals surface area contributed by atoms with Crippen molar-refractivity contribution in [1.29, 1.82) is 0 Å². The summed E-state index contributed by atoms with van der Waals surface area (Å²) in [5.41, 5.74) is 0.982. The van der Waals surface area contributed by atoms with Crippen LogP contribution < -0.4 is 10.1 Å². The lowest BCUT2D eigenvalue weighted by Gasteiger charge is -2.36. The molecule has 2 unspecified atom stereocenters. The number of piperidine rings is 1. The second-order valence-corrected chi connectivity index (χ2v) is 15.4. The molecule has 1 aliphatic heterocycles. The highest BCUT2D eigenvalue weighted by Crippen LogP contribution is 2.36. The number of hydrogen-bond donors (Lipinski definition) is 1. The van der Waals surface area contributed by atoms with Crippen LogP contribution >= 0.6 is 0 Å². The lowest BCUT2D eigenvalue weighted by Crippen LogP contribution is -2.49. The number of fused-ring (bicyclic) bond motifs is 1. The Bertz CT molecular complexity index is 1510. The van der Waals surface area contributed by atoms with Crippen LogP contribution in [0, 0.1) is 17.8 Å². The van der Waals surface area contributed by atoms with Gasteiger partial charge in [0.05, 0.1) is 17.9 Å². The number of nitrogens with zero attached hydrogens (tertiary/aromatic N) is 4. The summed E-state index contributed by atoms with van der Waals surface area (Å²) in [5.74, 6) is 3.98. The largest absolute Gasteiger partial charge is 0.493 e. The van der Waals surface area contributed by atoms with Gasteiger partial charge in [-0.2, -0.15) is 0 Å². The molecule has 1 aromatic carbocycles. The molecule has 2 aromatic heterocycles. The van der Waals surface area contributed by atoms with Crippen molar-refractivity contribution in [3.8, 4) is 11.6 Å². The van der Waals surface area contributed by atoms with Crippen LogP contribution in [0.25, 0.3) is 16.7 Å². The molecule has 1 amide bonds. The molecule has 3 aromatic rings. The molecule has 2 atom stereocenters. The lowest BCUT2D eigenvalue weighted by atomic mass is 9.73. The van der Waals surface area contributed by atoms with E-state index in [1.54, 1.807) is 0 Å². The summed E-state index contributed by atoms with van der Waals surface area (Å²) in [6.45, 7) is 8.10. The quantitative estimate of drug-likeness (QED) is 0.230. The average molecular weight is 638 g/mol. The third-order valence-electron chi connectivity index (χ3n) is 9.72. The minimum Gasteiger partial charge on any atom is -0.493 e. The summed E-state index contributed by atoms with van der Waals surface area (Å²) in [4.78, 5) is 25.3. The first kappa shape index (κ1) is 33.4. The molecule has 2 fully saturated rings. The molecule has 9 nitrogen and oxygen atoms in total. The normalized spacial score (nSPS) is 21.9.